The van der Waals surface area contributed by atoms with E-state index >= 15 is 0 Å². The molecule has 1 aliphatic rings. The van der Waals surface area contributed by atoms with Crippen LogP contribution in [-0.4, -0.2) is 35.1 Å². The Balaban J connectivity index is 1.40. The number of piperidine rings is 1. The molecule has 0 bridgehead atoms. The molecule has 1 saturated heterocycles. The molecular weight excluding hydrogens is 364 g/mol. The summed E-state index contributed by atoms with van der Waals surface area (Å²) < 4.78 is 0. The largest absolute Gasteiger partial charge is 0.341 e. The van der Waals surface area contributed by atoms with Crippen LogP contribution >= 0.6 is 11.3 Å². The molecule has 1 aromatic carbocycles. The van der Waals surface area contributed by atoms with Crippen molar-refractivity contribution in [2.75, 3.05) is 18.0 Å². The number of benzene rings is 1. The molecule has 4 rings (SSSR count). The van der Waals surface area contributed by atoms with E-state index in [4.69, 9.17) is 9.97 Å². The molecule has 2 aromatic heterocycles. The second-order valence-electron chi connectivity index (χ2n) is 8.18. The predicted molar refractivity (Wildman–Crippen MR) is 120 cm³/mol. The van der Waals surface area contributed by atoms with Gasteiger partial charge < -0.3 is 10.2 Å². The van der Waals surface area contributed by atoms with Gasteiger partial charge in [-0.25, -0.2) is 9.97 Å². The number of rotatable bonds is 5. The van der Waals surface area contributed by atoms with Crippen LogP contribution in [0.4, 0.5) is 5.95 Å². The number of hydrogen-bond acceptors (Lipinski definition) is 5. The number of fused-ring (bicyclic) bond motifs is 1. The van der Waals surface area contributed by atoms with Crippen molar-refractivity contribution < 1.29 is 0 Å². The molecular formula is C23H30N4S. The SMILES string of the molecule is Cc1cc2nc(N3CCC(NC(C)Cc4cccs4)CC3)nc(C)c2cc1C. The molecule has 1 atom stereocenters. The molecule has 0 amide bonds. The lowest BCUT2D eigenvalue weighted by Gasteiger charge is -2.34. The van der Waals surface area contributed by atoms with Crippen LogP contribution in [-0.2, 0) is 6.42 Å². The second-order valence-corrected chi connectivity index (χ2v) is 9.21. The van der Waals surface area contributed by atoms with Gasteiger partial charge in [-0.3, -0.25) is 0 Å². The van der Waals surface area contributed by atoms with Crippen LogP contribution in [0.15, 0.2) is 29.6 Å². The number of hydrogen-bond donors (Lipinski definition) is 1. The minimum atomic E-state index is 0.514. The van der Waals surface area contributed by atoms with E-state index < -0.39 is 0 Å². The Labute approximate surface area is 172 Å². The molecule has 1 unspecified atom stereocenters. The van der Waals surface area contributed by atoms with Gasteiger partial charge in [-0.05, 0) is 81.7 Å². The molecule has 3 heterocycles. The summed E-state index contributed by atoms with van der Waals surface area (Å²) in [5.41, 5.74) is 4.73. The highest BCUT2D eigenvalue weighted by Crippen LogP contribution is 2.24. The van der Waals surface area contributed by atoms with Crippen molar-refractivity contribution in [1.29, 1.82) is 0 Å². The van der Waals surface area contributed by atoms with Gasteiger partial charge in [-0.15, -0.1) is 11.3 Å². The summed E-state index contributed by atoms with van der Waals surface area (Å²) in [4.78, 5) is 13.5. The summed E-state index contributed by atoms with van der Waals surface area (Å²) >= 11 is 1.85. The number of thiophene rings is 1. The molecule has 0 spiro atoms. The van der Waals surface area contributed by atoms with Gasteiger partial charge in [0.05, 0.1) is 11.2 Å². The third kappa shape index (κ3) is 4.20. The maximum Gasteiger partial charge on any atom is 0.226 e. The minimum absolute atomic E-state index is 0.514. The Hall–Kier alpha value is -1.98. The fourth-order valence-corrected chi connectivity index (χ4v) is 4.94. The van der Waals surface area contributed by atoms with Crippen LogP contribution in [0.25, 0.3) is 10.9 Å². The fourth-order valence-electron chi connectivity index (χ4n) is 4.11. The van der Waals surface area contributed by atoms with Gasteiger partial charge in [0, 0.05) is 35.4 Å². The molecule has 28 heavy (non-hydrogen) atoms. The zero-order valence-corrected chi connectivity index (χ0v) is 18.1. The van der Waals surface area contributed by atoms with E-state index in [0.29, 0.717) is 12.1 Å². The van der Waals surface area contributed by atoms with Crippen molar-refractivity contribution in [3.05, 3.63) is 51.3 Å². The van der Waals surface area contributed by atoms with Gasteiger partial charge in [0.2, 0.25) is 5.95 Å². The van der Waals surface area contributed by atoms with E-state index in [1.165, 1.54) is 21.4 Å². The van der Waals surface area contributed by atoms with E-state index in [2.05, 4.69) is 67.6 Å². The van der Waals surface area contributed by atoms with Gasteiger partial charge in [-0.2, -0.15) is 0 Å². The molecule has 0 aliphatic carbocycles. The van der Waals surface area contributed by atoms with Crippen LogP contribution in [0.3, 0.4) is 0 Å². The first-order valence-electron chi connectivity index (χ1n) is 10.3. The van der Waals surface area contributed by atoms with Gasteiger partial charge in [0.1, 0.15) is 0 Å². The number of aromatic nitrogens is 2. The van der Waals surface area contributed by atoms with Crippen molar-refractivity contribution in [2.45, 2.75) is 59.0 Å². The van der Waals surface area contributed by atoms with Gasteiger partial charge in [0.25, 0.3) is 0 Å². The first kappa shape index (κ1) is 19.3. The highest BCUT2D eigenvalue weighted by Gasteiger charge is 2.23. The Morgan fingerprint density at radius 3 is 2.61 bits per heavy atom. The summed E-state index contributed by atoms with van der Waals surface area (Å²) in [6.45, 7) is 10.7. The summed E-state index contributed by atoms with van der Waals surface area (Å²) in [6.07, 6.45) is 3.40. The third-order valence-electron chi connectivity index (χ3n) is 5.88. The molecule has 4 nitrogen and oxygen atoms in total. The van der Waals surface area contributed by atoms with Gasteiger partial charge >= 0.3 is 0 Å². The van der Waals surface area contributed by atoms with Crippen molar-refractivity contribution in [1.82, 2.24) is 15.3 Å². The fraction of sp³-hybridized carbons (Fsp3) is 0.478. The van der Waals surface area contributed by atoms with Gasteiger partial charge in [0.15, 0.2) is 0 Å². The zero-order valence-electron chi connectivity index (χ0n) is 17.3. The number of anilines is 1. The molecule has 5 heteroatoms. The van der Waals surface area contributed by atoms with Crippen LogP contribution in [0, 0.1) is 20.8 Å². The summed E-state index contributed by atoms with van der Waals surface area (Å²) in [5.74, 6) is 0.887. The van der Waals surface area contributed by atoms with E-state index in [0.717, 1.165) is 49.5 Å². The Kier molecular flexibility index (Phi) is 5.65. The molecule has 1 N–H and O–H groups in total. The van der Waals surface area contributed by atoms with E-state index in [-0.39, 0.29) is 0 Å². The summed E-state index contributed by atoms with van der Waals surface area (Å²) in [7, 11) is 0. The number of aryl methyl sites for hydroxylation is 3. The predicted octanol–water partition coefficient (Wildman–Crippen LogP) is 4.81. The summed E-state index contributed by atoms with van der Waals surface area (Å²) in [5, 5.41) is 7.16. The maximum atomic E-state index is 4.89. The lowest BCUT2D eigenvalue weighted by molar-refractivity contribution is 0.374. The zero-order chi connectivity index (χ0) is 19.7. The number of nitrogens with zero attached hydrogens (tertiary/aromatic N) is 3. The van der Waals surface area contributed by atoms with Crippen molar-refractivity contribution in [2.24, 2.45) is 0 Å². The van der Waals surface area contributed by atoms with E-state index in [9.17, 15) is 0 Å². The average molecular weight is 395 g/mol. The average Bonchev–Trinajstić information content (AvgIpc) is 3.16. The molecule has 0 radical (unpaired) electrons. The van der Waals surface area contributed by atoms with E-state index in [1.807, 2.05) is 11.3 Å². The molecule has 0 saturated carbocycles. The third-order valence-corrected chi connectivity index (χ3v) is 6.77. The monoisotopic (exact) mass is 394 g/mol. The van der Waals surface area contributed by atoms with E-state index in [1.54, 1.807) is 0 Å². The number of nitrogens with one attached hydrogen (secondary N) is 1. The second kappa shape index (κ2) is 8.18. The quantitative estimate of drug-likeness (QED) is 0.674. The topological polar surface area (TPSA) is 41.1 Å². The Bertz CT molecular complexity index is 943. The smallest absolute Gasteiger partial charge is 0.226 e. The van der Waals surface area contributed by atoms with Crippen LogP contribution in [0.1, 0.15) is 41.5 Å². The first-order valence-corrected chi connectivity index (χ1v) is 11.2. The minimum Gasteiger partial charge on any atom is -0.341 e. The first-order chi connectivity index (χ1) is 13.5. The lowest BCUT2D eigenvalue weighted by atomic mass is 10.0. The summed E-state index contributed by atoms with van der Waals surface area (Å²) in [6, 6.07) is 9.88. The highest BCUT2D eigenvalue weighted by atomic mass is 32.1. The van der Waals surface area contributed by atoms with Crippen molar-refractivity contribution in [3.63, 3.8) is 0 Å². The molecule has 148 valence electrons. The Morgan fingerprint density at radius 1 is 1.14 bits per heavy atom. The van der Waals surface area contributed by atoms with Crippen molar-refractivity contribution in [3.8, 4) is 0 Å². The lowest BCUT2D eigenvalue weighted by Crippen LogP contribution is -2.46. The van der Waals surface area contributed by atoms with Crippen LogP contribution < -0.4 is 10.2 Å². The standard InChI is InChI=1S/C23H30N4S/c1-15-12-21-18(4)25-23(26-22(21)13-16(15)2)27-9-7-19(8-10-27)24-17(3)14-20-6-5-11-28-20/h5-6,11-13,17,19,24H,7-10,14H2,1-4H3. The van der Waals surface area contributed by atoms with Gasteiger partial charge in [-0.1, -0.05) is 6.07 Å². The molecule has 1 fully saturated rings. The highest BCUT2D eigenvalue weighted by molar-refractivity contribution is 7.09. The van der Waals surface area contributed by atoms with Crippen LogP contribution in [0.5, 0.6) is 0 Å². The van der Waals surface area contributed by atoms with Crippen LogP contribution in [0.2, 0.25) is 0 Å². The Morgan fingerprint density at radius 2 is 1.89 bits per heavy atom. The molecule has 1 aliphatic heterocycles. The maximum absolute atomic E-state index is 4.89. The van der Waals surface area contributed by atoms with Crippen molar-refractivity contribution >= 4 is 28.2 Å². The molecule has 3 aromatic rings. The normalized spacial score (nSPS) is 16.6.